The summed E-state index contributed by atoms with van der Waals surface area (Å²) in [6, 6.07) is 9.30. The lowest BCUT2D eigenvalue weighted by Crippen LogP contribution is -2.14. The van der Waals surface area contributed by atoms with E-state index in [2.05, 4.69) is 9.97 Å². The number of para-hydroxylation sites is 2. The molecule has 2 aromatic heterocycles. The van der Waals surface area contributed by atoms with Gasteiger partial charge in [0.25, 0.3) is 0 Å². The quantitative estimate of drug-likeness (QED) is 0.744. The Kier molecular flexibility index (Phi) is 2.63. The third-order valence-electron chi connectivity index (χ3n) is 2.81. The summed E-state index contributed by atoms with van der Waals surface area (Å²) >= 11 is 0. The summed E-state index contributed by atoms with van der Waals surface area (Å²) in [5.41, 5.74) is 6.50. The molecule has 3 rings (SSSR count). The van der Waals surface area contributed by atoms with Gasteiger partial charge >= 0.3 is 6.18 Å². The number of nitrogens with zero attached hydrogens (tertiary/aromatic N) is 3. The van der Waals surface area contributed by atoms with Crippen LogP contribution < -0.4 is 5.73 Å². The summed E-state index contributed by atoms with van der Waals surface area (Å²) in [6.07, 6.45) is -3.26. The van der Waals surface area contributed by atoms with Crippen molar-refractivity contribution in [3.8, 4) is 5.82 Å². The fraction of sp³-hybridized carbons (Fsp3) is 0.0769. The van der Waals surface area contributed by atoms with Gasteiger partial charge < -0.3 is 5.73 Å². The number of nitrogen functional groups attached to an aromatic ring is 1. The molecule has 0 aliphatic heterocycles. The number of benzene rings is 1. The lowest BCUT2D eigenvalue weighted by atomic mass is 10.3. The average Bonchev–Trinajstić information content (AvgIpc) is 2.79. The van der Waals surface area contributed by atoms with Gasteiger partial charge in [-0.25, -0.2) is 9.97 Å². The molecule has 2 heterocycles. The van der Waals surface area contributed by atoms with Crippen LogP contribution in [-0.4, -0.2) is 14.5 Å². The molecule has 1 aromatic carbocycles. The van der Waals surface area contributed by atoms with Gasteiger partial charge in [0, 0.05) is 0 Å². The van der Waals surface area contributed by atoms with E-state index in [9.17, 15) is 13.2 Å². The van der Waals surface area contributed by atoms with Crippen molar-refractivity contribution in [1.29, 1.82) is 0 Å². The number of aromatic nitrogens is 3. The number of hydrogen-bond acceptors (Lipinski definition) is 3. The first-order chi connectivity index (χ1) is 9.47. The van der Waals surface area contributed by atoms with E-state index < -0.39 is 12.0 Å². The van der Waals surface area contributed by atoms with Crippen LogP contribution in [0, 0.1) is 0 Å². The van der Waals surface area contributed by atoms with E-state index in [0.717, 1.165) is 4.57 Å². The molecule has 20 heavy (non-hydrogen) atoms. The predicted molar refractivity (Wildman–Crippen MR) is 68.3 cm³/mol. The Balaban J connectivity index is 2.34. The van der Waals surface area contributed by atoms with Gasteiger partial charge in [-0.1, -0.05) is 12.1 Å². The largest absolute Gasteiger partial charge is 0.450 e. The first-order valence-electron chi connectivity index (χ1n) is 5.73. The normalized spacial score (nSPS) is 11.9. The molecule has 0 fully saturated rings. The van der Waals surface area contributed by atoms with Crippen molar-refractivity contribution in [2.75, 3.05) is 5.73 Å². The second kappa shape index (κ2) is 4.22. The minimum absolute atomic E-state index is 0.125. The third-order valence-corrected chi connectivity index (χ3v) is 2.81. The average molecular weight is 278 g/mol. The van der Waals surface area contributed by atoms with Crippen molar-refractivity contribution >= 4 is 16.7 Å². The standard InChI is InChI=1S/C13H9F3N4/c14-13(15,16)12-19-9-3-1-2-4-10(9)20(12)11-6-5-8(17)7-18-11/h1-7H,17H2. The van der Waals surface area contributed by atoms with E-state index in [1.165, 1.54) is 24.4 Å². The zero-order valence-corrected chi connectivity index (χ0v) is 10.1. The fourth-order valence-corrected chi connectivity index (χ4v) is 1.98. The Morgan fingerprint density at radius 1 is 1.05 bits per heavy atom. The van der Waals surface area contributed by atoms with Gasteiger partial charge in [-0.05, 0) is 24.3 Å². The molecule has 0 bridgehead atoms. The Bertz CT molecular complexity index is 759. The maximum atomic E-state index is 13.1. The molecule has 102 valence electrons. The molecule has 0 aliphatic carbocycles. The summed E-state index contributed by atoms with van der Waals surface area (Å²) in [4.78, 5) is 7.59. The van der Waals surface area contributed by atoms with Gasteiger partial charge in [-0.15, -0.1) is 0 Å². The lowest BCUT2D eigenvalue weighted by Gasteiger charge is -2.10. The molecule has 0 radical (unpaired) electrons. The highest BCUT2D eigenvalue weighted by Crippen LogP contribution is 2.33. The number of halogens is 3. The van der Waals surface area contributed by atoms with Crippen molar-refractivity contribution in [2.24, 2.45) is 0 Å². The number of fused-ring (bicyclic) bond motifs is 1. The summed E-state index contributed by atoms with van der Waals surface area (Å²) in [5, 5.41) is 0. The van der Waals surface area contributed by atoms with Crippen LogP contribution in [0.15, 0.2) is 42.6 Å². The van der Waals surface area contributed by atoms with Crippen LogP contribution >= 0.6 is 0 Å². The van der Waals surface area contributed by atoms with Crippen LogP contribution in [0.5, 0.6) is 0 Å². The Labute approximate surface area is 111 Å². The predicted octanol–water partition coefficient (Wildman–Crippen LogP) is 3.02. The molecule has 0 aliphatic rings. The van der Waals surface area contributed by atoms with Crippen LogP contribution in [0.25, 0.3) is 16.9 Å². The second-order valence-electron chi connectivity index (χ2n) is 4.21. The molecule has 3 aromatic rings. The number of anilines is 1. The van der Waals surface area contributed by atoms with Gasteiger partial charge in [-0.3, -0.25) is 4.57 Å². The highest BCUT2D eigenvalue weighted by atomic mass is 19.4. The number of rotatable bonds is 1. The number of pyridine rings is 1. The van der Waals surface area contributed by atoms with Crippen LogP contribution in [0.1, 0.15) is 5.82 Å². The van der Waals surface area contributed by atoms with E-state index in [1.807, 2.05) is 0 Å². The molecule has 0 spiro atoms. The van der Waals surface area contributed by atoms with Gasteiger partial charge in [0.15, 0.2) is 0 Å². The topological polar surface area (TPSA) is 56.7 Å². The van der Waals surface area contributed by atoms with Crippen molar-refractivity contribution in [1.82, 2.24) is 14.5 Å². The van der Waals surface area contributed by atoms with Crippen LogP contribution in [0.4, 0.5) is 18.9 Å². The maximum absolute atomic E-state index is 13.1. The van der Waals surface area contributed by atoms with E-state index in [1.54, 1.807) is 18.2 Å². The van der Waals surface area contributed by atoms with Gasteiger partial charge in [0.1, 0.15) is 5.82 Å². The van der Waals surface area contributed by atoms with Gasteiger partial charge in [0.2, 0.25) is 5.82 Å². The summed E-state index contributed by atoms with van der Waals surface area (Å²) in [6.45, 7) is 0. The smallest absolute Gasteiger partial charge is 0.397 e. The number of alkyl halides is 3. The lowest BCUT2D eigenvalue weighted by molar-refractivity contribution is -0.145. The molecule has 7 heteroatoms. The zero-order valence-electron chi connectivity index (χ0n) is 10.1. The molecule has 0 amide bonds. The van der Waals surface area contributed by atoms with Crippen LogP contribution in [-0.2, 0) is 6.18 Å². The molecular formula is C13H9F3N4. The Morgan fingerprint density at radius 2 is 1.80 bits per heavy atom. The molecule has 0 atom stereocenters. The monoisotopic (exact) mass is 278 g/mol. The molecule has 0 saturated carbocycles. The fourth-order valence-electron chi connectivity index (χ4n) is 1.98. The number of nitrogens with two attached hydrogens (primary N) is 1. The minimum Gasteiger partial charge on any atom is -0.397 e. The minimum atomic E-state index is -4.57. The Hall–Kier alpha value is -2.57. The third kappa shape index (κ3) is 1.97. The van der Waals surface area contributed by atoms with Gasteiger partial charge in [-0.2, -0.15) is 13.2 Å². The van der Waals surface area contributed by atoms with E-state index in [4.69, 9.17) is 5.73 Å². The van der Waals surface area contributed by atoms with Gasteiger partial charge in [0.05, 0.1) is 22.9 Å². The summed E-state index contributed by atoms with van der Waals surface area (Å²) in [7, 11) is 0. The summed E-state index contributed by atoms with van der Waals surface area (Å²) < 4.78 is 40.3. The first kappa shape index (κ1) is 12.5. The number of hydrogen-bond donors (Lipinski definition) is 1. The summed E-state index contributed by atoms with van der Waals surface area (Å²) in [5.74, 6) is -0.879. The van der Waals surface area contributed by atoms with E-state index in [-0.39, 0.29) is 11.3 Å². The molecule has 0 unspecified atom stereocenters. The SMILES string of the molecule is Nc1ccc(-n2c(C(F)(F)F)nc3ccccc32)nc1. The maximum Gasteiger partial charge on any atom is 0.450 e. The molecule has 2 N–H and O–H groups in total. The molecule has 0 saturated heterocycles. The highest BCUT2D eigenvalue weighted by Gasteiger charge is 2.38. The van der Waals surface area contributed by atoms with E-state index in [0.29, 0.717) is 11.2 Å². The second-order valence-corrected chi connectivity index (χ2v) is 4.21. The zero-order chi connectivity index (χ0) is 14.3. The Morgan fingerprint density at radius 3 is 2.45 bits per heavy atom. The van der Waals surface area contributed by atoms with Crippen LogP contribution in [0.2, 0.25) is 0 Å². The van der Waals surface area contributed by atoms with Crippen molar-refractivity contribution in [3.63, 3.8) is 0 Å². The number of imidazole rings is 1. The van der Waals surface area contributed by atoms with Crippen LogP contribution in [0.3, 0.4) is 0 Å². The van der Waals surface area contributed by atoms with E-state index >= 15 is 0 Å². The van der Waals surface area contributed by atoms with Crippen molar-refractivity contribution < 1.29 is 13.2 Å². The van der Waals surface area contributed by atoms with Crippen molar-refractivity contribution in [2.45, 2.75) is 6.18 Å². The molecular weight excluding hydrogens is 269 g/mol. The van der Waals surface area contributed by atoms with Crippen molar-refractivity contribution in [3.05, 3.63) is 48.4 Å². The molecule has 4 nitrogen and oxygen atoms in total. The first-order valence-corrected chi connectivity index (χ1v) is 5.73. The highest BCUT2D eigenvalue weighted by molar-refractivity contribution is 5.78.